The molecule has 2 aromatic rings. The zero-order valence-electron chi connectivity index (χ0n) is 13.7. The molecule has 0 fully saturated rings. The average Bonchev–Trinajstić information content (AvgIpc) is 2.59. The highest BCUT2D eigenvalue weighted by Crippen LogP contribution is 2.18. The highest BCUT2D eigenvalue weighted by Gasteiger charge is 2.29. The fourth-order valence-electron chi connectivity index (χ4n) is 2.20. The van der Waals surface area contributed by atoms with Gasteiger partial charge in [-0.05, 0) is 36.6 Å². The van der Waals surface area contributed by atoms with Gasteiger partial charge in [-0.3, -0.25) is 4.79 Å². The van der Waals surface area contributed by atoms with Crippen LogP contribution in [0, 0.1) is 0 Å². The predicted molar refractivity (Wildman–Crippen MR) is 92.1 cm³/mol. The maximum atomic E-state index is 12.4. The van der Waals surface area contributed by atoms with Crippen LogP contribution in [-0.2, 0) is 16.9 Å². The van der Waals surface area contributed by atoms with Crippen LogP contribution in [0.15, 0.2) is 54.6 Å². The molecule has 1 atom stereocenters. The zero-order valence-corrected chi connectivity index (χ0v) is 13.7. The van der Waals surface area contributed by atoms with Crippen LogP contribution in [0.3, 0.4) is 0 Å². The molecule has 3 N–H and O–H groups in total. The Morgan fingerprint density at radius 1 is 1.13 bits per heavy atom. The van der Waals surface area contributed by atoms with Crippen LogP contribution >= 0.6 is 0 Å². The summed E-state index contributed by atoms with van der Waals surface area (Å²) in [4.78, 5) is 12.4. The zero-order chi connectivity index (χ0) is 16.7. The first-order chi connectivity index (χ1) is 11.0. The van der Waals surface area contributed by atoms with Crippen LogP contribution in [0.2, 0.25) is 0 Å². The largest absolute Gasteiger partial charge is 0.494 e. The highest BCUT2D eigenvalue weighted by atomic mass is 16.5. The van der Waals surface area contributed by atoms with E-state index in [0.29, 0.717) is 13.2 Å². The minimum absolute atomic E-state index is 0.199. The summed E-state index contributed by atoms with van der Waals surface area (Å²) in [5, 5.41) is 2.90. The van der Waals surface area contributed by atoms with Gasteiger partial charge in [0, 0.05) is 6.54 Å². The molecule has 0 aliphatic rings. The Hall–Kier alpha value is -2.33. The molecule has 0 aromatic heterocycles. The lowest BCUT2D eigenvalue weighted by atomic mass is 9.92. The quantitative estimate of drug-likeness (QED) is 0.826. The Kier molecular flexibility index (Phi) is 5.77. The molecular formula is C19H24N2O2. The normalized spacial score (nSPS) is 13.2. The molecule has 4 heteroatoms. The summed E-state index contributed by atoms with van der Waals surface area (Å²) in [6, 6.07) is 17.1. The number of amides is 1. The standard InChI is InChI=1S/C19H24N2O2/c1-3-13-23-17-11-9-15(10-12-17)14-21-18(22)19(2,20)16-7-5-4-6-8-16/h4-12H,3,13-14,20H2,1-2H3,(H,21,22). The van der Waals surface area contributed by atoms with Crippen molar-refractivity contribution >= 4 is 5.91 Å². The van der Waals surface area contributed by atoms with E-state index in [1.165, 1.54) is 0 Å². The summed E-state index contributed by atoms with van der Waals surface area (Å²) in [6.07, 6.45) is 0.979. The van der Waals surface area contributed by atoms with E-state index in [9.17, 15) is 4.79 Å². The Bertz CT molecular complexity index is 622. The van der Waals surface area contributed by atoms with Crippen molar-refractivity contribution < 1.29 is 9.53 Å². The molecule has 122 valence electrons. The van der Waals surface area contributed by atoms with Gasteiger partial charge in [0.25, 0.3) is 0 Å². The number of rotatable bonds is 7. The number of nitrogens with two attached hydrogens (primary N) is 1. The number of nitrogens with one attached hydrogen (secondary N) is 1. The van der Waals surface area contributed by atoms with Crippen molar-refractivity contribution in [2.24, 2.45) is 5.73 Å². The summed E-state index contributed by atoms with van der Waals surface area (Å²) < 4.78 is 5.54. The molecule has 1 amide bonds. The molecule has 1 unspecified atom stereocenters. The number of benzene rings is 2. The molecule has 23 heavy (non-hydrogen) atoms. The molecule has 4 nitrogen and oxygen atoms in total. The van der Waals surface area contributed by atoms with Crippen LogP contribution in [0.5, 0.6) is 5.75 Å². The Morgan fingerprint density at radius 3 is 2.39 bits per heavy atom. The first-order valence-corrected chi connectivity index (χ1v) is 7.88. The smallest absolute Gasteiger partial charge is 0.244 e. The Morgan fingerprint density at radius 2 is 1.78 bits per heavy atom. The van der Waals surface area contributed by atoms with E-state index in [0.717, 1.165) is 23.3 Å². The third-order valence-electron chi connectivity index (χ3n) is 3.69. The highest BCUT2D eigenvalue weighted by molar-refractivity contribution is 5.86. The van der Waals surface area contributed by atoms with Gasteiger partial charge in [0.15, 0.2) is 0 Å². The average molecular weight is 312 g/mol. The molecule has 0 saturated carbocycles. The minimum atomic E-state index is -1.05. The van der Waals surface area contributed by atoms with E-state index in [-0.39, 0.29) is 5.91 Å². The van der Waals surface area contributed by atoms with Crippen molar-refractivity contribution in [1.82, 2.24) is 5.32 Å². The van der Waals surface area contributed by atoms with E-state index >= 15 is 0 Å². The molecule has 0 aliphatic carbocycles. The Balaban J connectivity index is 1.93. The fourth-order valence-corrected chi connectivity index (χ4v) is 2.20. The number of hydrogen-bond donors (Lipinski definition) is 2. The lowest BCUT2D eigenvalue weighted by Crippen LogP contribution is -2.48. The Labute approximate surface area is 137 Å². The van der Waals surface area contributed by atoms with E-state index in [2.05, 4.69) is 12.2 Å². The fraction of sp³-hybridized carbons (Fsp3) is 0.316. The van der Waals surface area contributed by atoms with Crippen LogP contribution in [0.1, 0.15) is 31.4 Å². The van der Waals surface area contributed by atoms with Gasteiger partial charge >= 0.3 is 0 Å². The molecule has 0 aliphatic heterocycles. The number of ether oxygens (including phenoxy) is 1. The summed E-state index contributed by atoms with van der Waals surface area (Å²) in [6.45, 7) is 4.94. The maximum absolute atomic E-state index is 12.4. The van der Waals surface area contributed by atoms with Crippen LogP contribution < -0.4 is 15.8 Å². The first kappa shape index (κ1) is 17.0. The first-order valence-electron chi connectivity index (χ1n) is 7.88. The van der Waals surface area contributed by atoms with Gasteiger partial charge in [-0.1, -0.05) is 49.4 Å². The van der Waals surface area contributed by atoms with Crippen molar-refractivity contribution in [3.05, 3.63) is 65.7 Å². The topological polar surface area (TPSA) is 64.3 Å². The van der Waals surface area contributed by atoms with Gasteiger partial charge in [0.1, 0.15) is 11.3 Å². The SMILES string of the molecule is CCCOc1ccc(CNC(=O)C(C)(N)c2ccccc2)cc1. The number of hydrogen-bond acceptors (Lipinski definition) is 3. The van der Waals surface area contributed by atoms with Gasteiger partial charge in [0.05, 0.1) is 6.61 Å². The summed E-state index contributed by atoms with van der Waals surface area (Å²) in [7, 11) is 0. The molecule has 0 saturated heterocycles. The van der Waals surface area contributed by atoms with E-state index in [1.54, 1.807) is 6.92 Å². The van der Waals surface area contributed by atoms with Crippen molar-refractivity contribution in [3.8, 4) is 5.75 Å². The summed E-state index contributed by atoms with van der Waals surface area (Å²) >= 11 is 0. The monoisotopic (exact) mass is 312 g/mol. The van der Waals surface area contributed by atoms with E-state index < -0.39 is 5.54 Å². The second-order valence-corrected chi connectivity index (χ2v) is 5.74. The maximum Gasteiger partial charge on any atom is 0.244 e. The molecular weight excluding hydrogens is 288 g/mol. The van der Waals surface area contributed by atoms with Crippen LogP contribution in [0.25, 0.3) is 0 Å². The van der Waals surface area contributed by atoms with Crippen molar-refractivity contribution in [3.63, 3.8) is 0 Å². The second kappa shape index (κ2) is 7.79. The van der Waals surface area contributed by atoms with Gasteiger partial charge in [0.2, 0.25) is 5.91 Å². The van der Waals surface area contributed by atoms with Gasteiger partial charge in [-0.15, -0.1) is 0 Å². The van der Waals surface area contributed by atoms with Gasteiger partial charge < -0.3 is 15.8 Å². The van der Waals surface area contributed by atoms with E-state index in [4.69, 9.17) is 10.5 Å². The van der Waals surface area contributed by atoms with Crippen LogP contribution in [-0.4, -0.2) is 12.5 Å². The van der Waals surface area contributed by atoms with E-state index in [1.807, 2.05) is 54.6 Å². The van der Waals surface area contributed by atoms with Crippen molar-refractivity contribution in [2.75, 3.05) is 6.61 Å². The summed E-state index contributed by atoms with van der Waals surface area (Å²) in [5.41, 5.74) is 6.94. The van der Waals surface area contributed by atoms with Gasteiger partial charge in [-0.25, -0.2) is 0 Å². The van der Waals surface area contributed by atoms with Gasteiger partial charge in [-0.2, -0.15) is 0 Å². The molecule has 0 spiro atoms. The molecule has 0 bridgehead atoms. The molecule has 0 radical (unpaired) electrons. The van der Waals surface area contributed by atoms with Crippen molar-refractivity contribution in [2.45, 2.75) is 32.4 Å². The lowest BCUT2D eigenvalue weighted by Gasteiger charge is -2.24. The number of carbonyl (C=O) groups excluding carboxylic acids is 1. The molecule has 2 rings (SSSR count). The summed E-state index contributed by atoms with van der Waals surface area (Å²) in [5.74, 6) is 0.643. The third-order valence-corrected chi connectivity index (χ3v) is 3.69. The van der Waals surface area contributed by atoms with Crippen molar-refractivity contribution in [1.29, 1.82) is 0 Å². The third kappa shape index (κ3) is 4.57. The second-order valence-electron chi connectivity index (χ2n) is 5.74. The minimum Gasteiger partial charge on any atom is -0.494 e. The lowest BCUT2D eigenvalue weighted by molar-refractivity contribution is -0.126. The van der Waals surface area contributed by atoms with Crippen LogP contribution in [0.4, 0.5) is 0 Å². The number of carbonyl (C=O) groups is 1. The predicted octanol–water partition coefficient (Wildman–Crippen LogP) is 2.97. The molecule has 2 aromatic carbocycles. The molecule has 0 heterocycles.